The Morgan fingerprint density at radius 2 is 1.93 bits per heavy atom. The lowest BCUT2D eigenvalue weighted by Crippen LogP contribution is -2.31. The molecule has 0 aliphatic rings. The van der Waals surface area contributed by atoms with Crippen LogP contribution >= 0.6 is 0 Å². The molecular weight excluding hydrogens is 178 g/mol. The first-order valence-electron chi connectivity index (χ1n) is 4.39. The fourth-order valence-electron chi connectivity index (χ4n) is 1.15. The highest BCUT2D eigenvalue weighted by Crippen LogP contribution is 2.12. The van der Waals surface area contributed by atoms with Gasteiger partial charge in [-0.2, -0.15) is 0 Å². The molecule has 0 saturated heterocycles. The van der Waals surface area contributed by atoms with Crippen LogP contribution in [0, 0.1) is 0 Å². The SMILES string of the molecule is CN(C)c1ccc(CC(=O)NN)cc1. The van der Waals surface area contributed by atoms with Crippen molar-refractivity contribution < 1.29 is 4.79 Å². The molecule has 0 heterocycles. The summed E-state index contributed by atoms with van der Waals surface area (Å²) in [5.41, 5.74) is 4.17. The van der Waals surface area contributed by atoms with Gasteiger partial charge in [0.05, 0.1) is 6.42 Å². The molecule has 0 radical (unpaired) electrons. The van der Waals surface area contributed by atoms with Gasteiger partial charge >= 0.3 is 0 Å². The van der Waals surface area contributed by atoms with Gasteiger partial charge in [-0.15, -0.1) is 0 Å². The number of hydrazine groups is 1. The third kappa shape index (κ3) is 2.74. The summed E-state index contributed by atoms with van der Waals surface area (Å²) in [5, 5.41) is 0. The number of hydrogen-bond donors (Lipinski definition) is 2. The highest BCUT2D eigenvalue weighted by atomic mass is 16.2. The molecular formula is C10H15N3O. The lowest BCUT2D eigenvalue weighted by atomic mass is 10.1. The molecule has 0 bridgehead atoms. The van der Waals surface area contributed by atoms with Crippen molar-refractivity contribution in [3.05, 3.63) is 29.8 Å². The van der Waals surface area contributed by atoms with Crippen LogP contribution in [0.25, 0.3) is 0 Å². The molecule has 14 heavy (non-hydrogen) atoms. The summed E-state index contributed by atoms with van der Waals surface area (Å²) < 4.78 is 0. The molecule has 4 nitrogen and oxygen atoms in total. The van der Waals surface area contributed by atoms with E-state index in [9.17, 15) is 4.79 Å². The molecule has 3 N–H and O–H groups in total. The molecule has 0 fully saturated rings. The van der Waals surface area contributed by atoms with Gasteiger partial charge in [0, 0.05) is 19.8 Å². The quantitative estimate of drug-likeness (QED) is 0.412. The largest absolute Gasteiger partial charge is 0.378 e. The average Bonchev–Trinajstić information content (AvgIpc) is 2.18. The van der Waals surface area contributed by atoms with Crippen LogP contribution < -0.4 is 16.2 Å². The molecule has 1 rings (SSSR count). The molecule has 1 amide bonds. The third-order valence-electron chi connectivity index (χ3n) is 1.98. The number of rotatable bonds is 3. The van der Waals surface area contributed by atoms with E-state index < -0.39 is 0 Å². The van der Waals surface area contributed by atoms with E-state index in [-0.39, 0.29) is 5.91 Å². The minimum atomic E-state index is -0.178. The molecule has 0 aromatic heterocycles. The molecule has 0 aliphatic heterocycles. The van der Waals surface area contributed by atoms with Crippen LogP contribution in [0.5, 0.6) is 0 Å². The van der Waals surface area contributed by atoms with Crippen molar-refractivity contribution >= 4 is 11.6 Å². The van der Waals surface area contributed by atoms with Gasteiger partial charge in [-0.3, -0.25) is 10.2 Å². The van der Waals surface area contributed by atoms with Crippen LogP contribution in [0.15, 0.2) is 24.3 Å². The number of benzene rings is 1. The van der Waals surface area contributed by atoms with Gasteiger partial charge in [0.25, 0.3) is 0 Å². The first-order chi connectivity index (χ1) is 6.63. The second-order valence-electron chi connectivity index (χ2n) is 3.31. The summed E-state index contributed by atoms with van der Waals surface area (Å²) >= 11 is 0. The number of carbonyl (C=O) groups excluding carboxylic acids is 1. The maximum absolute atomic E-state index is 11.0. The number of nitrogens with two attached hydrogens (primary N) is 1. The molecule has 1 aromatic carbocycles. The Labute approximate surface area is 83.7 Å². The van der Waals surface area contributed by atoms with Crippen molar-refractivity contribution in [2.75, 3.05) is 19.0 Å². The summed E-state index contributed by atoms with van der Waals surface area (Å²) in [7, 11) is 3.95. The lowest BCUT2D eigenvalue weighted by Gasteiger charge is -2.12. The average molecular weight is 193 g/mol. The number of nitrogens with one attached hydrogen (secondary N) is 1. The maximum Gasteiger partial charge on any atom is 0.238 e. The summed E-state index contributed by atoms with van der Waals surface area (Å²) in [6.45, 7) is 0. The van der Waals surface area contributed by atoms with E-state index in [1.807, 2.05) is 43.3 Å². The van der Waals surface area contributed by atoms with Crippen molar-refractivity contribution in [3.8, 4) is 0 Å². The summed E-state index contributed by atoms with van der Waals surface area (Å²) in [6.07, 6.45) is 0.324. The zero-order valence-electron chi connectivity index (χ0n) is 8.45. The molecule has 0 saturated carbocycles. The zero-order valence-corrected chi connectivity index (χ0v) is 8.45. The van der Waals surface area contributed by atoms with Crippen molar-refractivity contribution in [1.82, 2.24) is 5.43 Å². The smallest absolute Gasteiger partial charge is 0.238 e. The maximum atomic E-state index is 11.0. The Bertz CT molecular complexity index is 306. The van der Waals surface area contributed by atoms with E-state index in [1.54, 1.807) is 0 Å². The summed E-state index contributed by atoms with van der Waals surface area (Å²) in [4.78, 5) is 13.0. The Balaban J connectivity index is 2.69. The van der Waals surface area contributed by atoms with Gasteiger partial charge < -0.3 is 4.90 Å². The second-order valence-corrected chi connectivity index (χ2v) is 3.31. The molecule has 1 aromatic rings. The van der Waals surface area contributed by atoms with Crippen LogP contribution in [-0.4, -0.2) is 20.0 Å². The molecule has 0 unspecified atom stereocenters. The van der Waals surface area contributed by atoms with Crippen molar-refractivity contribution in [2.45, 2.75) is 6.42 Å². The topological polar surface area (TPSA) is 58.4 Å². The van der Waals surface area contributed by atoms with Crippen molar-refractivity contribution in [3.63, 3.8) is 0 Å². The van der Waals surface area contributed by atoms with Crippen molar-refractivity contribution in [2.24, 2.45) is 5.84 Å². The van der Waals surface area contributed by atoms with E-state index in [4.69, 9.17) is 5.84 Å². The predicted molar refractivity (Wildman–Crippen MR) is 56.8 cm³/mol. The third-order valence-corrected chi connectivity index (χ3v) is 1.98. The molecule has 0 atom stereocenters. The zero-order chi connectivity index (χ0) is 10.6. The van der Waals surface area contributed by atoms with Gasteiger partial charge in [0.15, 0.2) is 0 Å². The number of amides is 1. The molecule has 0 aliphatic carbocycles. The Hall–Kier alpha value is -1.55. The van der Waals surface area contributed by atoms with E-state index >= 15 is 0 Å². The predicted octanol–water partition coefficient (Wildman–Crippen LogP) is 0.285. The highest BCUT2D eigenvalue weighted by molar-refractivity contribution is 5.78. The number of carbonyl (C=O) groups is 1. The summed E-state index contributed by atoms with van der Waals surface area (Å²) in [5.74, 6) is 4.81. The molecule has 4 heteroatoms. The minimum absolute atomic E-state index is 0.178. The minimum Gasteiger partial charge on any atom is -0.378 e. The normalized spacial score (nSPS) is 9.64. The van der Waals surface area contributed by atoms with Crippen molar-refractivity contribution in [1.29, 1.82) is 0 Å². The van der Waals surface area contributed by atoms with E-state index in [0.717, 1.165) is 11.3 Å². The monoisotopic (exact) mass is 193 g/mol. The van der Waals surface area contributed by atoms with E-state index in [0.29, 0.717) is 6.42 Å². The summed E-state index contributed by atoms with van der Waals surface area (Å²) in [6, 6.07) is 7.79. The first kappa shape index (κ1) is 10.5. The van der Waals surface area contributed by atoms with Crippen LogP contribution in [0.1, 0.15) is 5.56 Å². The van der Waals surface area contributed by atoms with Gasteiger partial charge in [0.2, 0.25) is 5.91 Å². The Kier molecular flexibility index (Phi) is 3.48. The van der Waals surface area contributed by atoms with Gasteiger partial charge in [-0.05, 0) is 17.7 Å². The molecule has 76 valence electrons. The van der Waals surface area contributed by atoms with Crippen LogP contribution in [0.3, 0.4) is 0 Å². The Morgan fingerprint density at radius 3 is 2.36 bits per heavy atom. The number of nitrogens with zero attached hydrogens (tertiary/aromatic N) is 1. The lowest BCUT2D eigenvalue weighted by molar-refractivity contribution is -0.120. The van der Waals surface area contributed by atoms with Crippen LogP contribution in [0.2, 0.25) is 0 Å². The van der Waals surface area contributed by atoms with Crippen LogP contribution in [-0.2, 0) is 11.2 Å². The van der Waals surface area contributed by atoms with E-state index in [2.05, 4.69) is 5.43 Å². The van der Waals surface area contributed by atoms with E-state index in [1.165, 1.54) is 0 Å². The fourth-order valence-corrected chi connectivity index (χ4v) is 1.15. The first-order valence-corrected chi connectivity index (χ1v) is 4.39. The number of anilines is 1. The van der Waals surface area contributed by atoms with Gasteiger partial charge in [-0.25, -0.2) is 5.84 Å². The second kappa shape index (κ2) is 4.62. The van der Waals surface area contributed by atoms with Crippen LogP contribution in [0.4, 0.5) is 5.69 Å². The number of hydrogen-bond acceptors (Lipinski definition) is 3. The standard InChI is InChI=1S/C10H15N3O/c1-13(2)9-5-3-8(4-6-9)7-10(14)12-11/h3-6H,7,11H2,1-2H3,(H,12,14). The Morgan fingerprint density at radius 1 is 1.36 bits per heavy atom. The van der Waals surface area contributed by atoms with Gasteiger partial charge in [-0.1, -0.05) is 12.1 Å². The fraction of sp³-hybridized carbons (Fsp3) is 0.300. The van der Waals surface area contributed by atoms with Gasteiger partial charge in [0.1, 0.15) is 0 Å². The molecule has 0 spiro atoms. The highest BCUT2D eigenvalue weighted by Gasteiger charge is 2.01.